The molecule has 2 aliphatic rings. The van der Waals surface area contributed by atoms with Crippen molar-refractivity contribution in [1.29, 1.82) is 0 Å². The number of nitrogens with zero attached hydrogens (tertiary/aromatic N) is 4. The maximum Gasteiger partial charge on any atom is 0.230 e. The Labute approximate surface area is 208 Å². The second-order valence-electron chi connectivity index (χ2n) is 8.57. The van der Waals surface area contributed by atoms with Crippen LogP contribution in [-0.4, -0.2) is 70.3 Å². The topological polar surface area (TPSA) is 90.7 Å². The minimum Gasteiger partial charge on any atom is -0.485 e. The molecule has 1 aromatic heterocycles. The number of aromatic nitrogens is 3. The second kappa shape index (κ2) is 11.1. The van der Waals surface area contributed by atoms with Gasteiger partial charge in [0.25, 0.3) is 0 Å². The Morgan fingerprint density at radius 1 is 1.11 bits per heavy atom. The van der Waals surface area contributed by atoms with Crippen LogP contribution < -0.4 is 14.8 Å². The Morgan fingerprint density at radius 2 is 1.91 bits per heavy atom. The summed E-state index contributed by atoms with van der Waals surface area (Å²) in [6.07, 6.45) is -0.373. The lowest BCUT2D eigenvalue weighted by Gasteiger charge is -2.33. The summed E-state index contributed by atoms with van der Waals surface area (Å²) in [7, 11) is 1.87. The van der Waals surface area contributed by atoms with Gasteiger partial charge < -0.3 is 24.1 Å². The number of fused-ring (bicyclic) bond motifs is 1. The first kappa shape index (κ1) is 23.7. The van der Waals surface area contributed by atoms with Crippen LogP contribution in [-0.2, 0) is 23.1 Å². The predicted octanol–water partition coefficient (Wildman–Crippen LogP) is 2.44. The number of hydrogen-bond donors (Lipinski definition) is 1. The first-order valence-corrected chi connectivity index (χ1v) is 12.7. The van der Waals surface area contributed by atoms with E-state index in [0.717, 1.165) is 25.4 Å². The van der Waals surface area contributed by atoms with Gasteiger partial charge in [-0.3, -0.25) is 9.69 Å². The van der Waals surface area contributed by atoms with E-state index in [0.29, 0.717) is 36.5 Å². The van der Waals surface area contributed by atoms with Crippen LogP contribution in [0.1, 0.15) is 17.5 Å². The number of amides is 1. The summed E-state index contributed by atoms with van der Waals surface area (Å²) in [6.45, 7) is 4.09. The molecule has 1 amide bonds. The highest BCUT2D eigenvalue weighted by Gasteiger charge is 2.28. The van der Waals surface area contributed by atoms with E-state index in [1.807, 2.05) is 41.9 Å². The molecular formula is C25H29N5O4S. The molecule has 2 unspecified atom stereocenters. The quantitative estimate of drug-likeness (QED) is 0.477. The van der Waals surface area contributed by atoms with Crippen LogP contribution in [0.3, 0.4) is 0 Å². The number of carbonyl (C=O) groups is 1. The molecule has 3 aromatic rings. The zero-order valence-electron chi connectivity index (χ0n) is 19.6. The summed E-state index contributed by atoms with van der Waals surface area (Å²) in [5, 5.41) is 12.2. The van der Waals surface area contributed by atoms with Gasteiger partial charge >= 0.3 is 0 Å². The number of thioether (sulfide) groups is 1. The number of ether oxygens (including phenoxy) is 3. The fourth-order valence-electron chi connectivity index (χ4n) is 4.18. The van der Waals surface area contributed by atoms with Gasteiger partial charge in [-0.2, -0.15) is 0 Å². The van der Waals surface area contributed by atoms with E-state index in [9.17, 15) is 4.79 Å². The zero-order chi connectivity index (χ0) is 24.0. The Kier molecular flexibility index (Phi) is 7.51. The summed E-state index contributed by atoms with van der Waals surface area (Å²) in [6, 6.07) is 18.0. The van der Waals surface area contributed by atoms with Gasteiger partial charge in [-0.05, 0) is 17.7 Å². The van der Waals surface area contributed by atoms with Gasteiger partial charge in [0, 0.05) is 33.2 Å². The summed E-state index contributed by atoms with van der Waals surface area (Å²) >= 11 is 1.34. The van der Waals surface area contributed by atoms with Crippen LogP contribution >= 0.6 is 11.8 Å². The first-order chi connectivity index (χ1) is 17.2. The molecule has 0 saturated carbocycles. The highest BCUT2D eigenvalue weighted by atomic mass is 32.2. The van der Waals surface area contributed by atoms with Crippen molar-refractivity contribution in [2.75, 3.05) is 38.6 Å². The van der Waals surface area contributed by atoms with Crippen molar-refractivity contribution in [3.05, 3.63) is 66.0 Å². The van der Waals surface area contributed by atoms with Gasteiger partial charge in [0.2, 0.25) is 5.91 Å². The lowest BCUT2D eigenvalue weighted by Crippen LogP contribution is -2.47. The molecule has 0 bridgehead atoms. The molecule has 10 heteroatoms. The lowest BCUT2D eigenvalue weighted by molar-refractivity contribution is -0.119. The Bertz CT molecular complexity index is 1140. The molecule has 2 aliphatic heterocycles. The van der Waals surface area contributed by atoms with Crippen LogP contribution in [0.2, 0.25) is 0 Å². The van der Waals surface area contributed by atoms with Gasteiger partial charge in [-0.15, -0.1) is 10.2 Å². The van der Waals surface area contributed by atoms with Crippen molar-refractivity contribution < 1.29 is 19.0 Å². The van der Waals surface area contributed by atoms with Crippen molar-refractivity contribution in [2.24, 2.45) is 7.05 Å². The molecule has 2 aromatic carbocycles. The van der Waals surface area contributed by atoms with Gasteiger partial charge in [0.1, 0.15) is 6.61 Å². The monoisotopic (exact) mass is 495 g/mol. The molecule has 2 atom stereocenters. The van der Waals surface area contributed by atoms with Crippen LogP contribution in [0.15, 0.2) is 59.8 Å². The van der Waals surface area contributed by atoms with Crippen molar-refractivity contribution in [3.8, 4) is 11.5 Å². The van der Waals surface area contributed by atoms with E-state index in [4.69, 9.17) is 14.2 Å². The molecule has 1 saturated heterocycles. The molecule has 5 rings (SSSR count). The van der Waals surface area contributed by atoms with E-state index in [2.05, 4.69) is 44.7 Å². The van der Waals surface area contributed by atoms with Crippen LogP contribution in [0.5, 0.6) is 11.5 Å². The number of rotatable bonds is 8. The first-order valence-electron chi connectivity index (χ1n) is 11.7. The molecular weight excluding hydrogens is 466 g/mol. The average Bonchev–Trinajstić information content (AvgIpc) is 3.27. The van der Waals surface area contributed by atoms with Gasteiger partial charge in [-0.1, -0.05) is 54.2 Å². The highest BCUT2D eigenvalue weighted by molar-refractivity contribution is 7.99. The standard InChI is InChI=1S/C25H29N5O4S/c1-29-24(22-16-33-20-9-5-6-10-21(20)34-22)27-28-25(29)35-17-23(31)26-13-19-15-30(11-12-32-19)14-18-7-3-2-4-8-18/h2-10,19,22H,11-17H2,1H3,(H,26,31). The molecule has 9 nitrogen and oxygen atoms in total. The summed E-state index contributed by atoms with van der Waals surface area (Å²) in [4.78, 5) is 14.8. The largest absolute Gasteiger partial charge is 0.485 e. The lowest BCUT2D eigenvalue weighted by atomic mass is 10.2. The molecule has 1 fully saturated rings. The van der Waals surface area contributed by atoms with Gasteiger partial charge in [0.15, 0.2) is 28.6 Å². The van der Waals surface area contributed by atoms with E-state index >= 15 is 0 Å². The van der Waals surface area contributed by atoms with Gasteiger partial charge in [0.05, 0.1) is 18.5 Å². The van der Waals surface area contributed by atoms with E-state index in [-0.39, 0.29) is 23.9 Å². The third kappa shape index (κ3) is 5.95. The number of para-hydroxylation sites is 2. The molecule has 184 valence electrons. The van der Waals surface area contributed by atoms with E-state index in [1.165, 1.54) is 17.3 Å². The summed E-state index contributed by atoms with van der Waals surface area (Å²) < 4.78 is 19.5. The third-order valence-electron chi connectivity index (χ3n) is 6.00. The van der Waals surface area contributed by atoms with Crippen LogP contribution in [0.4, 0.5) is 0 Å². The minimum atomic E-state index is -0.354. The molecule has 0 spiro atoms. The van der Waals surface area contributed by atoms with Crippen molar-refractivity contribution in [3.63, 3.8) is 0 Å². The Morgan fingerprint density at radius 3 is 2.77 bits per heavy atom. The zero-order valence-corrected chi connectivity index (χ0v) is 20.4. The average molecular weight is 496 g/mol. The fourth-order valence-corrected chi connectivity index (χ4v) is 4.92. The summed E-state index contributed by atoms with van der Waals surface area (Å²) in [5.41, 5.74) is 1.28. The minimum absolute atomic E-state index is 0.0193. The number of nitrogens with one attached hydrogen (secondary N) is 1. The van der Waals surface area contributed by atoms with E-state index < -0.39 is 0 Å². The van der Waals surface area contributed by atoms with Crippen LogP contribution in [0, 0.1) is 0 Å². The Hall–Kier alpha value is -3.08. The molecule has 0 aliphatic carbocycles. The number of carbonyl (C=O) groups excluding carboxylic acids is 1. The molecule has 35 heavy (non-hydrogen) atoms. The summed E-state index contributed by atoms with van der Waals surface area (Å²) in [5.74, 6) is 2.26. The van der Waals surface area contributed by atoms with Crippen LogP contribution in [0.25, 0.3) is 0 Å². The van der Waals surface area contributed by atoms with Crippen molar-refractivity contribution in [2.45, 2.75) is 23.9 Å². The Balaban J connectivity index is 1.07. The smallest absolute Gasteiger partial charge is 0.230 e. The normalized spacial score (nSPS) is 19.9. The maximum absolute atomic E-state index is 12.5. The number of benzene rings is 2. The SMILES string of the molecule is Cn1c(SCC(=O)NCC2CN(Cc3ccccc3)CCO2)nnc1C1COc2ccccc2O1. The molecule has 0 radical (unpaired) electrons. The van der Waals surface area contributed by atoms with Gasteiger partial charge in [-0.25, -0.2) is 0 Å². The van der Waals surface area contributed by atoms with Crippen molar-refractivity contribution in [1.82, 2.24) is 25.0 Å². The number of hydrogen-bond acceptors (Lipinski definition) is 8. The van der Waals surface area contributed by atoms with E-state index in [1.54, 1.807) is 0 Å². The highest BCUT2D eigenvalue weighted by Crippen LogP contribution is 2.35. The fraction of sp³-hybridized carbons (Fsp3) is 0.400. The van der Waals surface area contributed by atoms with Crippen molar-refractivity contribution >= 4 is 17.7 Å². The predicted molar refractivity (Wildman–Crippen MR) is 132 cm³/mol. The second-order valence-corrected chi connectivity index (χ2v) is 9.51. The number of morpholine rings is 1. The third-order valence-corrected chi connectivity index (χ3v) is 7.02. The molecule has 3 heterocycles. The molecule has 1 N–H and O–H groups in total. The maximum atomic E-state index is 12.5.